The van der Waals surface area contributed by atoms with Gasteiger partial charge in [0.2, 0.25) is 11.8 Å². The summed E-state index contributed by atoms with van der Waals surface area (Å²) in [5.41, 5.74) is 0.894. The average molecular weight is 523 g/mol. The second kappa shape index (κ2) is 12.6. The van der Waals surface area contributed by atoms with Crippen LogP contribution in [0, 0.1) is 5.82 Å². The first-order valence-electron chi connectivity index (χ1n) is 12.4. The number of piperidine rings is 1. The fourth-order valence-electron chi connectivity index (χ4n) is 4.43. The van der Waals surface area contributed by atoms with Gasteiger partial charge in [-0.3, -0.25) is 19.3 Å². The van der Waals surface area contributed by atoms with Crippen molar-refractivity contribution >= 4 is 29.1 Å². The number of benzene rings is 2. The molecule has 3 amide bonds. The van der Waals surface area contributed by atoms with Crippen molar-refractivity contribution in [2.75, 3.05) is 26.2 Å². The number of thiophene rings is 1. The maximum atomic E-state index is 13.4. The van der Waals surface area contributed by atoms with E-state index in [-0.39, 0.29) is 43.0 Å². The molecular formula is C28H31FN4O3S. The summed E-state index contributed by atoms with van der Waals surface area (Å²) in [6, 6.07) is 19.5. The molecule has 1 aliphatic heterocycles. The van der Waals surface area contributed by atoms with Gasteiger partial charge in [0.25, 0.3) is 5.91 Å². The molecular weight excluding hydrogens is 491 g/mol. The Morgan fingerprint density at radius 3 is 2.24 bits per heavy atom. The van der Waals surface area contributed by atoms with Gasteiger partial charge in [0.05, 0.1) is 11.3 Å². The lowest BCUT2D eigenvalue weighted by Gasteiger charge is -2.41. The van der Waals surface area contributed by atoms with Crippen LogP contribution in [-0.4, -0.2) is 54.3 Å². The van der Waals surface area contributed by atoms with Gasteiger partial charge in [0, 0.05) is 32.7 Å². The lowest BCUT2D eigenvalue weighted by atomic mass is 9.86. The Bertz CT molecular complexity index is 1180. The Morgan fingerprint density at radius 1 is 0.865 bits per heavy atom. The number of carbonyl (C=O) groups is 3. The van der Waals surface area contributed by atoms with E-state index in [4.69, 9.17) is 0 Å². The zero-order valence-corrected chi connectivity index (χ0v) is 21.4. The van der Waals surface area contributed by atoms with Gasteiger partial charge >= 0.3 is 0 Å². The minimum Gasteiger partial charge on any atom is -0.354 e. The molecule has 0 unspecified atom stereocenters. The van der Waals surface area contributed by atoms with Crippen molar-refractivity contribution < 1.29 is 18.8 Å². The highest BCUT2D eigenvalue weighted by Crippen LogP contribution is 2.25. The van der Waals surface area contributed by atoms with E-state index in [0.29, 0.717) is 36.4 Å². The number of carbonyl (C=O) groups excluding carboxylic acids is 3. The summed E-state index contributed by atoms with van der Waals surface area (Å²) in [7, 11) is 0. The Hall–Kier alpha value is -3.56. The van der Waals surface area contributed by atoms with Crippen molar-refractivity contribution in [3.63, 3.8) is 0 Å². The minimum absolute atomic E-state index is 0.131. The second-order valence-corrected chi connectivity index (χ2v) is 10.1. The smallest absolute Gasteiger partial charge is 0.262 e. The van der Waals surface area contributed by atoms with Gasteiger partial charge in [0.1, 0.15) is 11.4 Å². The summed E-state index contributed by atoms with van der Waals surface area (Å²) < 4.78 is 13.0. The minimum atomic E-state index is -1.02. The van der Waals surface area contributed by atoms with Crippen molar-refractivity contribution in [1.82, 2.24) is 20.9 Å². The van der Waals surface area contributed by atoms with Crippen molar-refractivity contribution in [3.8, 4) is 0 Å². The Labute approximate surface area is 220 Å². The molecule has 0 radical (unpaired) electrons. The molecule has 2 heterocycles. The van der Waals surface area contributed by atoms with E-state index in [0.717, 1.165) is 6.54 Å². The highest BCUT2D eigenvalue weighted by Gasteiger charge is 2.42. The molecule has 37 heavy (non-hydrogen) atoms. The van der Waals surface area contributed by atoms with Crippen molar-refractivity contribution in [1.29, 1.82) is 0 Å². The molecule has 0 saturated carbocycles. The van der Waals surface area contributed by atoms with Crippen LogP contribution < -0.4 is 16.0 Å². The molecule has 194 valence electrons. The number of nitrogens with zero attached hydrogens (tertiary/aromatic N) is 1. The Morgan fingerprint density at radius 2 is 1.57 bits per heavy atom. The highest BCUT2D eigenvalue weighted by molar-refractivity contribution is 7.12. The first-order chi connectivity index (χ1) is 17.9. The second-order valence-electron chi connectivity index (χ2n) is 9.18. The number of hydrogen-bond acceptors (Lipinski definition) is 5. The van der Waals surface area contributed by atoms with Crippen molar-refractivity contribution in [2.24, 2.45) is 0 Å². The number of halogens is 1. The monoisotopic (exact) mass is 522 g/mol. The zero-order chi connectivity index (χ0) is 26.1. The molecule has 1 aliphatic rings. The standard InChI is InChI=1S/C28H31FN4O3S/c29-23-10-8-21(9-11-23)19-25(34)30-14-15-31-27(36)28(32-26(35)24-7-4-18-37-24)12-16-33(17-13-28)20-22-5-2-1-3-6-22/h1-11,18H,12-17,19-20H2,(H,30,34)(H,31,36)(H,32,35). The number of nitrogens with one attached hydrogen (secondary N) is 3. The molecule has 9 heteroatoms. The van der Waals surface area contributed by atoms with Gasteiger partial charge in [-0.15, -0.1) is 11.3 Å². The van der Waals surface area contributed by atoms with E-state index in [1.54, 1.807) is 18.2 Å². The zero-order valence-electron chi connectivity index (χ0n) is 20.5. The van der Waals surface area contributed by atoms with Gasteiger partial charge in [-0.05, 0) is 47.5 Å². The van der Waals surface area contributed by atoms with E-state index in [1.165, 1.54) is 29.0 Å². The summed E-state index contributed by atoms with van der Waals surface area (Å²) in [4.78, 5) is 41.3. The molecule has 4 rings (SSSR count). The van der Waals surface area contributed by atoms with Crippen LogP contribution in [0.3, 0.4) is 0 Å². The van der Waals surface area contributed by atoms with Gasteiger partial charge in [-0.1, -0.05) is 48.5 Å². The number of rotatable bonds is 10. The predicted molar refractivity (Wildman–Crippen MR) is 142 cm³/mol. The predicted octanol–water partition coefficient (Wildman–Crippen LogP) is 3.13. The first kappa shape index (κ1) is 26.5. The normalized spacial score (nSPS) is 15.1. The molecule has 0 aliphatic carbocycles. The summed E-state index contributed by atoms with van der Waals surface area (Å²) >= 11 is 1.34. The van der Waals surface area contributed by atoms with Gasteiger partial charge < -0.3 is 16.0 Å². The molecule has 0 spiro atoms. The Kier molecular flexibility index (Phi) is 9.03. The highest BCUT2D eigenvalue weighted by atomic mass is 32.1. The fourth-order valence-corrected chi connectivity index (χ4v) is 5.05. The lowest BCUT2D eigenvalue weighted by molar-refractivity contribution is -0.129. The molecule has 3 aromatic rings. The summed E-state index contributed by atoms with van der Waals surface area (Å²) in [5.74, 6) is -1.06. The fraction of sp³-hybridized carbons (Fsp3) is 0.321. The van der Waals surface area contributed by atoms with Crippen molar-refractivity contribution in [2.45, 2.75) is 31.3 Å². The van der Waals surface area contributed by atoms with Gasteiger partial charge in [-0.25, -0.2) is 4.39 Å². The molecule has 0 atom stereocenters. The molecule has 2 aromatic carbocycles. The van der Waals surface area contributed by atoms with E-state index >= 15 is 0 Å². The number of hydrogen-bond donors (Lipinski definition) is 3. The van der Waals surface area contributed by atoms with E-state index in [9.17, 15) is 18.8 Å². The van der Waals surface area contributed by atoms with Gasteiger partial charge in [-0.2, -0.15) is 0 Å². The van der Waals surface area contributed by atoms with Gasteiger partial charge in [0.15, 0.2) is 0 Å². The van der Waals surface area contributed by atoms with E-state index < -0.39 is 5.54 Å². The quantitative estimate of drug-likeness (QED) is 0.357. The summed E-state index contributed by atoms with van der Waals surface area (Å²) in [6.07, 6.45) is 1.10. The third kappa shape index (κ3) is 7.47. The lowest BCUT2D eigenvalue weighted by Crippen LogP contribution is -2.63. The summed E-state index contributed by atoms with van der Waals surface area (Å²) in [6.45, 7) is 2.61. The van der Waals surface area contributed by atoms with Crippen LogP contribution in [0.4, 0.5) is 4.39 Å². The summed E-state index contributed by atoms with van der Waals surface area (Å²) in [5, 5.41) is 10.5. The maximum Gasteiger partial charge on any atom is 0.262 e. The Balaban J connectivity index is 1.31. The average Bonchev–Trinajstić information content (AvgIpc) is 3.45. The third-order valence-corrected chi connectivity index (χ3v) is 7.37. The van der Waals surface area contributed by atoms with Crippen LogP contribution >= 0.6 is 11.3 Å². The van der Waals surface area contributed by atoms with E-state index in [2.05, 4.69) is 33.0 Å². The SMILES string of the molecule is O=C(Cc1ccc(F)cc1)NCCNC(=O)C1(NC(=O)c2cccs2)CCN(Cc2ccccc2)CC1. The third-order valence-electron chi connectivity index (χ3n) is 6.50. The van der Waals surface area contributed by atoms with Crippen LogP contribution in [-0.2, 0) is 22.6 Å². The van der Waals surface area contributed by atoms with E-state index in [1.807, 2.05) is 29.6 Å². The molecule has 7 nitrogen and oxygen atoms in total. The van der Waals surface area contributed by atoms with Crippen molar-refractivity contribution in [3.05, 3.63) is 93.9 Å². The molecule has 0 bridgehead atoms. The molecule has 1 fully saturated rings. The molecule has 3 N–H and O–H groups in total. The topological polar surface area (TPSA) is 90.5 Å². The van der Waals surface area contributed by atoms with Crippen LogP contribution in [0.2, 0.25) is 0 Å². The molecule has 1 saturated heterocycles. The van der Waals surface area contributed by atoms with Crippen LogP contribution in [0.25, 0.3) is 0 Å². The number of amides is 3. The maximum absolute atomic E-state index is 13.4. The first-order valence-corrected chi connectivity index (χ1v) is 13.2. The molecule has 1 aromatic heterocycles. The number of likely N-dealkylation sites (tertiary alicyclic amines) is 1. The van der Waals surface area contributed by atoms with Crippen LogP contribution in [0.1, 0.15) is 33.6 Å². The van der Waals surface area contributed by atoms with Crippen LogP contribution in [0.15, 0.2) is 72.1 Å². The largest absolute Gasteiger partial charge is 0.354 e. The van der Waals surface area contributed by atoms with Crippen LogP contribution in [0.5, 0.6) is 0 Å².